The normalized spacial score (nSPS) is 23.3. The summed E-state index contributed by atoms with van der Waals surface area (Å²) in [5, 5.41) is 6.72. The molecule has 0 saturated carbocycles. The van der Waals surface area contributed by atoms with E-state index in [-0.39, 0.29) is 12.1 Å². The molecule has 5 nitrogen and oxygen atoms in total. The van der Waals surface area contributed by atoms with Crippen LogP contribution in [-0.2, 0) is 9.47 Å². The van der Waals surface area contributed by atoms with E-state index in [0.29, 0.717) is 12.5 Å². The highest BCUT2D eigenvalue weighted by atomic mass is 16.5. The predicted octanol–water partition coefficient (Wildman–Crippen LogP) is 1.96. The molecular formula is C17H27N3O2. The molecule has 1 aliphatic rings. The van der Waals surface area contributed by atoms with Crippen molar-refractivity contribution in [1.82, 2.24) is 10.6 Å². The van der Waals surface area contributed by atoms with Gasteiger partial charge in [-0.15, -0.1) is 0 Å². The van der Waals surface area contributed by atoms with Crippen molar-refractivity contribution < 1.29 is 9.47 Å². The molecule has 2 rings (SSSR count). The highest BCUT2D eigenvalue weighted by Crippen LogP contribution is 2.33. The van der Waals surface area contributed by atoms with Gasteiger partial charge in [-0.05, 0) is 18.9 Å². The van der Waals surface area contributed by atoms with Gasteiger partial charge in [-0.2, -0.15) is 0 Å². The molecule has 0 radical (unpaired) electrons. The van der Waals surface area contributed by atoms with Gasteiger partial charge in [0.1, 0.15) is 0 Å². The van der Waals surface area contributed by atoms with Crippen LogP contribution in [0.2, 0.25) is 0 Å². The van der Waals surface area contributed by atoms with E-state index in [1.807, 2.05) is 6.07 Å². The van der Waals surface area contributed by atoms with Crippen LogP contribution in [0.1, 0.15) is 25.0 Å². The number of hydrogen-bond donors (Lipinski definition) is 2. The Morgan fingerprint density at radius 1 is 1.41 bits per heavy atom. The molecule has 1 fully saturated rings. The van der Waals surface area contributed by atoms with E-state index in [9.17, 15) is 0 Å². The van der Waals surface area contributed by atoms with Gasteiger partial charge in [0.2, 0.25) is 0 Å². The first-order chi connectivity index (χ1) is 10.7. The Morgan fingerprint density at radius 2 is 2.18 bits per heavy atom. The number of nitrogens with zero attached hydrogens (tertiary/aromatic N) is 1. The van der Waals surface area contributed by atoms with E-state index in [2.05, 4.69) is 46.8 Å². The smallest absolute Gasteiger partial charge is 0.191 e. The van der Waals surface area contributed by atoms with Crippen molar-refractivity contribution in [1.29, 1.82) is 0 Å². The fraction of sp³-hybridized carbons (Fsp3) is 0.588. The van der Waals surface area contributed by atoms with Gasteiger partial charge in [-0.3, -0.25) is 4.99 Å². The Bertz CT molecular complexity index is 464. The number of rotatable bonds is 6. The van der Waals surface area contributed by atoms with Crippen LogP contribution in [0.4, 0.5) is 0 Å². The number of nitrogens with one attached hydrogen (secondary N) is 2. The highest BCUT2D eigenvalue weighted by Gasteiger charge is 2.29. The second-order valence-corrected chi connectivity index (χ2v) is 5.70. The van der Waals surface area contributed by atoms with Crippen molar-refractivity contribution in [2.75, 3.05) is 33.9 Å². The molecule has 0 aromatic heterocycles. The molecule has 122 valence electrons. The summed E-state index contributed by atoms with van der Waals surface area (Å²) in [4.78, 5) is 4.27. The summed E-state index contributed by atoms with van der Waals surface area (Å²) in [7, 11) is 3.49. The number of methoxy groups -OCH3 is 1. The van der Waals surface area contributed by atoms with Gasteiger partial charge in [0.15, 0.2) is 5.96 Å². The van der Waals surface area contributed by atoms with Gasteiger partial charge < -0.3 is 20.1 Å². The Hall–Kier alpha value is -1.59. The number of hydrogen-bond acceptors (Lipinski definition) is 3. The third-order valence-electron chi connectivity index (χ3n) is 3.90. The van der Waals surface area contributed by atoms with Crippen LogP contribution in [0.5, 0.6) is 0 Å². The van der Waals surface area contributed by atoms with E-state index in [1.165, 1.54) is 5.56 Å². The Labute approximate surface area is 133 Å². The summed E-state index contributed by atoms with van der Waals surface area (Å²) in [6.45, 7) is 4.39. The Kier molecular flexibility index (Phi) is 6.68. The van der Waals surface area contributed by atoms with Gasteiger partial charge in [-0.25, -0.2) is 0 Å². The minimum atomic E-state index is 0.170. The lowest BCUT2D eigenvalue weighted by Gasteiger charge is -2.22. The second-order valence-electron chi connectivity index (χ2n) is 5.70. The maximum absolute atomic E-state index is 5.92. The van der Waals surface area contributed by atoms with Crippen LogP contribution in [0.3, 0.4) is 0 Å². The lowest BCUT2D eigenvalue weighted by molar-refractivity contribution is 0.0915. The third-order valence-corrected chi connectivity index (χ3v) is 3.90. The van der Waals surface area contributed by atoms with Gasteiger partial charge >= 0.3 is 0 Å². The zero-order chi connectivity index (χ0) is 15.8. The van der Waals surface area contributed by atoms with Crippen molar-refractivity contribution in [2.24, 2.45) is 10.9 Å². The summed E-state index contributed by atoms with van der Waals surface area (Å²) < 4.78 is 11.1. The minimum absolute atomic E-state index is 0.170. The van der Waals surface area contributed by atoms with E-state index in [4.69, 9.17) is 9.47 Å². The van der Waals surface area contributed by atoms with Crippen molar-refractivity contribution >= 4 is 5.96 Å². The monoisotopic (exact) mass is 305 g/mol. The summed E-state index contributed by atoms with van der Waals surface area (Å²) in [5.74, 6) is 1.27. The molecule has 1 saturated heterocycles. The first kappa shape index (κ1) is 16.8. The van der Waals surface area contributed by atoms with Crippen molar-refractivity contribution in [3.8, 4) is 0 Å². The predicted molar refractivity (Wildman–Crippen MR) is 89.1 cm³/mol. The molecule has 3 unspecified atom stereocenters. The number of aliphatic imine (C=N–C) groups is 1. The van der Waals surface area contributed by atoms with Crippen LogP contribution in [0.25, 0.3) is 0 Å². The van der Waals surface area contributed by atoms with E-state index < -0.39 is 0 Å². The average Bonchev–Trinajstić information content (AvgIpc) is 3.01. The first-order valence-electron chi connectivity index (χ1n) is 7.87. The summed E-state index contributed by atoms with van der Waals surface area (Å²) in [5.41, 5.74) is 1.25. The topological polar surface area (TPSA) is 54.9 Å². The molecule has 5 heteroatoms. The largest absolute Gasteiger partial charge is 0.383 e. The van der Waals surface area contributed by atoms with Crippen molar-refractivity contribution in [2.45, 2.75) is 25.5 Å². The van der Waals surface area contributed by atoms with Gasteiger partial charge in [0.25, 0.3) is 0 Å². The van der Waals surface area contributed by atoms with E-state index in [1.54, 1.807) is 14.2 Å². The van der Waals surface area contributed by atoms with Crippen molar-refractivity contribution in [3.63, 3.8) is 0 Å². The summed E-state index contributed by atoms with van der Waals surface area (Å²) in [6.07, 6.45) is 1.24. The zero-order valence-electron chi connectivity index (χ0n) is 13.7. The molecule has 22 heavy (non-hydrogen) atoms. The van der Waals surface area contributed by atoms with Crippen LogP contribution in [-0.4, -0.2) is 45.9 Å². The maximum Gasteiger partial charge on any atom is 0.191 e. The van der Waals surface area contributed by atoms with E-state index >= 15 is 0 Å². The lowest BCUT2D eigenvalue weighted by atomic mass is 9.95. The van der Waals surface area contributed by atoms with Crippen LogP contribution in [0, 0.1) is 5.92 Å². The fourth-order valence-corrected chi connectivity index (χ4v) is 2.80. The molecule has 0 bridgehead atoms. The molecule has 3 atom stereocenters. The number of benzene rings is 1. The van der Waals surface area contributed by atoms with Gasteiger partial charge in [0.05, 0.1) is 12.7 Å². The van der Waals surface area contributed by atoms with Crippen LogP contribution >= 0.6 is 0 Å². The standard InChI is InChI=1S/C17H27N3O2/c1-13(12-21-3)20-17(18-2)19-11-15-9-10-22-16(15)14-7-5-4-6-8-14/h4-8,13,15-16H,9-12H2,1-3H3,(H2,18,19,20). The zero-order valence-corrected chi connectivity index (χ0v) is 13.7. The third kappa shape index (κ3) is 4.71. The summed E-state index contributed by atoms with van der Waals surface area (Å²) >= 11 is 0. The van der Waals surface area contributed by atoms with Gasteiger partial charge in [0, 0.05) is 39.3 Å². The first-order valence-corrected chi connectivity index (χ1v) is 7.87. The number of guanidine groups is 1. The minimum Gasteiger partial charge on any atom is -0.383 e. The van der Waals surface area contributed by atoms with Crippen molar-refractivity contribution in [3.05, 3.63) is 35.9 Å². The molecule has 1 aliphatic heterocycles. The molecule has 2 N–H and O–H groups in total. The SMILES string of the molecule is CN=C(NCC1CCOC1c1ccccc1)NC(C)COC. The fourth-order valence-electron chi connectivity index (χ4n) is 2.80. The average molecular weight is 305 g/mol. The maximum atomic E-state index is 5.92. The van der Waals surface area contributed by atoms with Crippen LogP contribution < -0.4 is 10.6 Å². The second kappa shape index (κ2) is 8.76. The molecular weight excluding hydrogens is 278 g/mol. The molecule has 0 aliphatic carbocycles. The molecule has 1 aromatic rings. The molecule has 1 aromatic carbocycles. The number of ether oxygens (including phenoxy) is 2. The Balaban J connectivity index is 1.87. The lowest BCUT2D eigenvalue weighted by Crippen LogP contribution is -2.45. The van der Waals surface area contributed by atoms with E-state index in [0.717, 1.165) is 25.5 Å². The quantitative estimate of drug-likeness (QED) is 0.623. The molecule has 0 amide bonds. The molecule has 1 heterocycles. The highest BCUT2D eigenvalue weighted by molar-refractivity contribution is 5.79. The Morgan fingerprint density at radius 3 is 2.86 bits per heavy atom. The summed E-state index contributed by atoms with van der Waals surface area (Å²) in [6, 6.07) is 10.7. The van der Waals surface area contributed by atoms with Gasteiger partial charge in [-0.1, -0.05) is 30.3 Å². The van der Waals surface area contributed by atoms with Crippen LogP contribution in [0.15, 0.2) is 35.3 Å². The molecule has 0 spiro atoms.